The summed E-state index contributed by atoms with van der Waals surface area (Å²) >= 11 is 0. The van der Waals surface area contributed by atoms with E-state index in [9.17, 15) is 26.4 Å². The number of benzene rings is 1. The maximum Gasteiger partial charge on any atom is 0.534 e. The molecular formula is C16H16F3N3O5S. The van der Waals surface area contributed by atoms with Crippen LogP contribution in [-0.4, -0.2) is 49.6 Å². The number of carbonyl (C=O) groups is 1. The molecule has 0 amide bonds. The van der Waals surface area contributed by atoms with Gasteiger partial charge in [-0.25, -0.2) is 14.8 Å². The SMILES string of the molecule is COC(=O)c1ccc2nc(OS(=O)(=O)C(F)(F)F)c(N3CCCC3C)nc2c1. The maximum absolute atomic E-state index is 12.8. The number of aromatic nitrogens is 2. The highest BCUT2D eigenvalue weighted by molar-refractivity contribution is 7.88. The molecule has 1 fully saturated rings. The van der Waals surface area contributed by atoms with E-state index in [0.29, 0.717) is 6.54 Å². The summed E-state index contributed by atoms with van der Waals surface area (Å²) in [5, 5.41) is 0. The van der Waals surface area contributed by atoms with Crippen molar-refractivity contribution in [2.24, 2.45) is 0 Å². The van der Waals surface area contributed by atoms with Crippen LogP contribution in [0.15, 0.2) is 18.2 Å². The highest BCUT2D eigenvalue weighted by atomic mass is 32.2. The fraction of sp³-hybridized carbons (Fsp3) is 0.438. The number of anilines is 1. The van der Waals surface area contributed by atoms with E-state index in [0.717, 1.165) is 12.8 Å². The number of nitrogens with zero attached hydrogens (tertiary/aromatic N) is 3. The Morgan fingerprint density at radius 1 is 1.25 bits per heavy atom. The van der Waals surface area contributed by atoms with Gasteiger partial charge in [0.1, 0.15) is 0 Å². The largest absolute Gasteiger partial charge is 0.534 e. The van der Waals surface area contributed by atoms with Crippen LogP contribution < -0.4 is 9.08 Å². The molecule has 0 radical (unpaired) electrons. The molecular weight excluding hydrogens is 403 g/mol. The fourth-order valence-corrected chi connectivity index (χ4v) is 3.33. The number of ether oxygens (including phenoxy) is 1. The summed E-state index contributed by atoms with van der Waals surface area (Å²) in [6, 6.07) is 3.91. The molecule has 0 spiro atoms. The third kappa shape index (κ3) is 3.68. The average molecular weight is 419 g/mol. The number of methoxy groups -OCH3 is 1. The van der Waals surface area contributed by atoms with Gasteiger partial charge in [-0.2, -0.15) is 21.6 Å². The minimum atomic E-state index is -5.92. The van der Waals surface area contributed by atoms with Crippen molar-refractivity contribution in [2.75, 3.05) is 18.6 Å². The van der Waals surface area contributed by atoms with Gasteiger partial charge in [-0.05, 0) is 38.0 Å². The molecule has 152 valence electrons. The standard InChI is InChI=1S/C16H16F3N3O5S/c1-9-4-3-7-22(9)13-14(27-28(24,25)16(17,18)19)21-11-6-5-10(15(23)26-2)8-12(11)20-13/h5-6,8-9H,3-4,7H2,1-2H3. The van der Waals surface area contributed by atoms with Gasteiger partial charge in [0, 0.05) is 12.6 Å². The van der Waals surface area contributed by atoms with Gasteiger partial charge in [0.15, 0.2) is 5.82 Å². The number of rotatable bonds is 4. The van der Waals surface area contributed by atoms with Crippen molar-refractivity contribution >= 4 is 32.9 Å². The Kier molecular flexibility index (Phi) is 5.08. The molecule has 0 N–H and O–H groups in total. The lowest BCUT2D eigenvalue weighted by atomic mass is 10.2. The van der Waals surface area contributed by atoms with Crippen molar-refractivity contribution in [2.45, 2.75) is 31.3 Å². The Morgan fingerprint density at radius 2 is 1.96 bits per heavy atom. The van der Waals surface area contributed by atoms with Crippen LogP contribution in [-0.2, 0) is 14.9 Å². The molecule has 2 heterocycles. The third-order valence-electron chi connectivity index (χ3n) is 4.33. The highest BCUT2D eigenvalue weighted by Crippen LogP contribution is 2.35. The molecule has 0 bridgehead atoms. The van der Waals surface area contributed by atoms with E-state index in [4.69, 9.17) is 0 Å². The molecule has 3 rings (SSSR count). The Bertz CT molecular complexity index is 1030. The Labute approximate surface area is 158 Å². The first-order valence-electron chi connectivity index (χ1n) is 8.21. The molecule has 8 nitrogen and oxygen atoms in total. The van der Waals surface area contributed by atoms with Crippen molar-refractivity contribution in [3.63, 3.8) is 0 Å². The van der Waals surface area contributed by atoms with Crippen LogP contribution in [0.4, 0.5) is 19.0 Å². The van der Waals surface area contributed by atoms with Crippen LogP contribution in [0.2, 0.25) is 0 Å². The van der Waals surface area contributed by atoms with Crippen LogP contribution in [0.3, 0.4) is 0 Å². The molecule has 28 heavy (non-hydrogen) atoms. The minimum Gasteiger partial charge on any atom is -0.465 e. The molecule has 1 aromatic heterocycles. The van der Waals surface area contributed by atoms with Crippen LogP contribution >= 0.6 is 0 Å². The summed E-state index contributed by atoms with van der Waals surface area (Å²) in [6.45, 7) is 2.27. The van der Waals surface area contributed by atoms with Crippen molar-refractivity contribution in [3.05, 3.63) is 23.8 Å². The topological polar surface area (TPSA) is 98.7 Å². The average Bonchev–Trinajstić information content (AvgIpc) is 3.04. The fourth-order valence-electron chi connectivity index (χ4n) is 2.92. The number of hydrogen-bond acceptors (Lipinski definition) is 8. The second-order valence-electron chi connectivity index (χ2n) is 6.22. The zero-order chi connectivity index (χ0) is 20.7. The molecule has 1 saturated heterocycles. The van der Waals surface area contributed by atoms with Crippen molar-refractivity contribution in [3.8, 4) is 5.88 Å². The minimum absolute atomic E-state index is 0.0654. The lowest BCUT2D eigenvalue weighted by Crippen LogP contribution is -2.31. The summed E-state index contributed by atoms with van der Waals surface area (Å²) < 4.78 is 70.2. The summed E-state index contributed by atoms with van der Waals surface area (Å²) in [4.78, 5) is 21.5. The van der Waals surface area contributed by atoms with Gasteiger partial charge < -0.3 is 13.8 Å². The van der Waals surface area contributed by atoms with Gasteiger partial charge in [-0.3, -0.25) is 0 Å². The summed E-state index contributed by atoms with van der Waals surface area (Å²) in [5.74, 6) is -1.52. The predicted molar refractivity (Wildman–Crippen MR) is 92.5 cm³/mol. The van der Waals surface area contributed by atoms with E-state index < -0.39 is 27.5 Å². The number of esters is 1. The lowest BCUT2D eigenvalue weighted by Gasteiger charge is -2.24. The Balaban J connectivity index is 2.16. The van der Waals surface area contributed by atoms with Gasteiger partial charge in [-0.1, -0.05) is 0 Å². The summed E-state index contributed by atoms with van der Waals surface area (Å²) in [7, 11) is -4.71. The molecule has 0 aliphatic carbocycles. The molecule has 1 aliphatic rings. The zero-order valence-electron chi connectivity index (χ0n) is 14.9. The zero-order valence-corrected chi connectivity index (χ0v) is 15.7. The summed E-state index contributed by atoms with van der Waals surface area (Å²) in [5.41, 5.74) is -5.18. The van der Waals surface area contributed by atoms with E-state index >= 15 is 0 Å². The second-order valence-corrected chi connectivity index (χ2v) is 7.75. The van der Waals surface area contributed by atoms with Crippen LogP contribution in [0, 0.1) is 0 Å². The summed E-state index contributed by atoms with van der Waals surface area (Å²) in [6.07, 6.45) is 1.49. The first-order valence-corrected chi connectivity index (χ1v) is 9.62. The molecule has 12 heteroatoms. The molecule has 1 aromatic carbocycles. The second kappa shape index (κ2) is 7.08. The van der Waals surface area contributed by atoms with Gasteiger partial charge in [0.05, 0.1) is 23.7 Å². The van der Waals surface area contributed by atoms with Crippen molar-refractivity contribution in [1.29, 1.82) is 0 Å². The molecule has 1 unspecified atom stereocenters. The van der Waals surface area contributed by atoms with Crippen LogP contribution in [0.5, 0.6) is 5.88 Å². The van der Waals surface area contributed by atoms with Gasteiger partial charge >= 0.3 is 21.6 Å². The first kappa shape index (κ1) is 20.1. The quantitative estimate of drug-likeness (QED) is 0.424. The van der Waals surface area contributed by atoms with Gasteiger partial charge in [0.2, 0.25) is 0 Å². The molecule has 0 saturated carbocycles. The highest BCUT2D eigenvalue weighted by Gasteiger charge is 2.49. The van der Waals surface area contributed by atoms with Crippen LogP contribution in [0.1, 0.15) is 30.1 Å². The number of alkyl halides is 3. The number of carbonyl (C=O) groups excluding carboxylic acids is 1. The molecule has 1 atom stereocenters. The van der Waals surface area contributed by atoms with Crippen molar-refractivity contribution in [1.82, 2.24) is 9.97 Å². The van der Waals surface area contributed by atoms with Gasteiger partial charge in [0.25, 0.3) is 5.88 Å². The monoisotopic (exact) mass is 419 g/mol. The Morgan fingerprint density at radius 3 is 2.54 bits per heavy atom. The van der Waals surface area contributed by atoms with Gasteiger partial charge in [-0.15, -0.1) is 0 Å². The van der Waals surface area contributed by atoms with E-state index in [1.807, 2.05) is 6.92 Å². The smallest absolute Gasteiger partial charge is 0.465 e. The van der Waals surface area contributed by atoms with E-state index in [-0.39, 0.29) is 28.5 Å². The number of halogens is 3. The lowest BCUT2D eigenvalue weighted by molar-refractivity contribution is -0.0501. The molecule has 1 aliphatic heterocycles. The molecule has 2 aromatic rings. The van der Waals surface area contributed by atoms with E-state index in [1.54, 1.807) is 4.90 Å². The number of hydrogen-bond donors (Lipinski definition) is 0. The Hall–Kier alpha value is -2.63. The van der Waals surface area contributed by atoms with Crippen molar-refractivity contribution < 1.29 is 35.3 Å². The first-order chi connectivity index (χ1) is 13.0. The third-order valence-corrected chi connectivity index (χ3v) is 5.28. The van der Waals surface area contributed by atoms with E-state index in [1.165, 1.54) is 25.3 Å². The maximum atomic E-state index is 12.8. The van der Waals surface area contributed by atoms with Crippen LogP contribution in [0.25, 0.3) is 11.0 Å². The normalized spacial score (nSPS) is 17.8. The number of fused-ring (bicyclic) bond motifs is 1. The predicted octanol–water partition coefficient (Wildman–Crippen LogP) is 2.63. The van der Waals surface area contributed by atoms with E-state index in [2.05, 4.69) is 18.9 Å².